The van der Waals surface area contributed by atoms with Crippen LogP contribution < -0.4 is 0 Å². The average molecular weight is 1300 g/mol. The van der Waals surface area contributed by atoms with E-state index in [1.165, 1.54) is 0 Å². The Morgan fingerprint density at radius 3 is 0.563 bits per heavy atom. The van der Waals surface area contributed by atoms with Crippen LogP contribution in [-0.4, -0.2) is 141 Å². The van der Waals surface area contributed by atoms with Gasteiger partial charge in [0.1, 0.15) is 0 Å². The van der Waals surface area contributed by atoms with E-state index in [4.69, 9.17) is 61.0 Å². The van der Waals surface area contributed by atoms with Gasteiger partial charge in [0.15, 0.2) is 74.9 Å². The molecule has 0 saturated carbocycles. The van der Waals surface area contributed by atoms with Crippen molar-refractivity contribution in [3.63, 3.8) is 0 Å². The van der Waals surface area contributed by atoms with E-state index in [1.807, 2.05) is 0 Å². The van der Waals surface area contributed by atoms with Gasteiger partial charge in [-0.25, -0.2) is 0 Å². The Morgan fingerprint density at radius 2 is 0.408 bits per heavy atom. The first-order valence-electron chi connectivity index (χ1n) is 26.6. The number of halogens is 1. The minimum Gasteiger partial charge on any atom is -0.437 e. The van der Waals surface area contributed by atoms with Crippen molar-refractivity contribution in [2.45, 2.75) is 265 Å². The molecular weight excluding hydrogens is 1180 g/mol. The van der Waals surface area contributed by atoms with Crippen LogP contribution in [0.5, 0.6) is 0 Å². The van der Waals surface area contributed by atoms with Crippen LogP contribution in [0.1, 0.15) is 6.42 Å². The number of rotatable bonds is 36. The summed E-state index contributed by atoms with van der Waals surface area (Å²) in [6, 6.07) is 5.92. The Kier molecular flexibility index (Phi) is 27.7. The van der Waals surface area contributed by atoms with Crippen LogP contribution in [0.2, 0.25) is 258 Å². The molecule has 0 fully saturated rings. The third-order valence-electron chi connectivity index (χ3n) is 10.1. The zero-order chi connectivity index (χ0) is 56.8. The van der Waals surface area contributed by atoms with E-state index in [9.17, 15) is 0 Å². The first-order valence-corrected chi connectivity index (χ1v) is 74.9. The van der Waals surface area contributed by atoms with Crippen LogP contribution in [0.25, 0.3) is 0 Å². The summed E-state index contributed by atoms with van der Waals surface area (Å²) in [4.78, 5) is 0. The Hall–Kier alpha value is 3.28. The lowest BCUT2D eigenvalue weighted by Gasteiger charge is -2.48. The van der Waals surface area contributed by atoms with E-state index >= 15 is 0 Å². The highest BCUT2D eigenvalue weighted by molar-refractivity contribution is 6.95. The Morgan fingerprint density at radius 1 is 0.225 bits per heavy atom. The highest BCUT2D eigenvalue weighted by Gasteiger charge is 2.57. The second-order valence-corrected chi connectivity index (χ2v) is 95.9. The highest BCUT2D eigenvalue weighted by atomic mass is 35.5. The predicted octanol–water partition coefficient (Wildman–Crippen LogP) is 16.7. The van der Waals surface area contributed by atoms with Gasteiger partial charge in [-0.3, -0.25) is 0 Å². The van der Waals surface area contributed by atoms with Gasteiger partial charge in [0.05, 0.1) is 0 Å². The van der Waals surface area contributed by atoms with Crippen LogP contribution in [0.4, 0.5) is 0 Å². The molecule has 0 aromatic rings. The zero-order valence-corrected chi connectivity index (χ0v) is 69.4. The van der Waals surface area contributed by atoms with Crippen molar-refractivity contribution in [2.24, 2.45) is 0 Å². The topological polar surface area (TPSA) is 111 Å². The van der Waals surface area contributed by atoms with Crippen LogP contribution in [-0.2, 0) is 49.4 Å². The maximum atomic E-state index is 7.65. The third-order valence-corrected chi connectivity index (χ3v) is 67.9. The monoisotopic (exact) mass is 1300 g/mol. The van der Waals surface area contributed by atoms with E-state index in [1.54, 1.807) is 0 Å². The molecule has 0 bridgehead atoms. The van der Waals surface area contributed by atoms with Crippen molar-refractivity contribution in [3.8, 4) is 0 Å². The first kappa shape index (κ1) is 74.3. The molecule has 0 aliphatic heterocycles. The second-order valence-electron chi connectivity index (χ2n) is 29.8. The molecule has 0 amide bonds. The highest BCUT2D eigenvalue weighted by Crippen LogP contribution is 2.38. The predicted molar refractivity (Wildman–Crippen MR) is 348 cm³/mol. The number of alkyl halides is 1. The van der Waals surface area contributed by atoms with Crippen LogP contribution in [0, 0.1) is 0 Å². The molecule has 0 spiro atoms. The zero-order valence-electron chi connectivity index (χ0n) is 52.6. The average Bonchev–Trinajstić information content (AvgIpc) is 2.97. The number of hydrogen-bond donors (Lipinski definition) is 0. The maximum absolute atomic E-state index is 7.65. The standard InChI is InChI=1S/C42H117ClO12Si16/c1-56(2,3)44-68(31,45-57(4,5)6)40-37-62(19,20)50-65(25,26)53-71(36-34-35-43,54-66(27,28)51-63(21,22)38-41-69(32,46-58(7,8)9)47-59(10,11)12)55-67(29,30)52-64(23,24)39-42-70(33,48-60(13,14)15)49-61(16,17)18/h34-42H2,1-33H3. The fourth-order valence-corrected chi connectivity index (χ4v) is 89.1. The van der Waals surface area contributed by atoms with Crippen molar-refractivity contribution >= 4 is 147 Å². The van der Waals surface area contributed by atoms with Crippen LogP contribution >= 0.6 is 11.6 Å². The Bertz CT molecular complexity index is 1400. The normalized spacial score (nSPS) is 15.8. The smallest absolute Gasteiger partial charge is 0.437 e. The molecule has 0 rings (SSSR count). The van der Waals surface area contributed by atoms with Gasteiger partial charge in [-0.05, 0) is 259 Å². The van der Waals surface area contributed by atoms with Gasteiger partial charge in [0, 0.05) is 11.9 Å². The minimum atomic E-state index is -3.69. The molecule has 428 valence electrons. The lowest BCUT2D eigenvalue weighted by Crippen LogP contribution is -2.66. The molecule has 29 heteroatoms. The molecule has 0 aliphatic rings. The van der Waals surface area contributed by atoms with E-state index in [0.717, 1.165) is 36.3 Å². The summed E-state index contributed by atoms with van der Waals surface area (Å²) in [5, 5.41) is 0. The third kappa shape index (κ3) is 36.3. The van der Waals surface area contributed by atoms with Gasteiger partial charge >= 0.3 is 60.2 Å². The molecule has 0 radical (unpaired) electrons. The van der Waals surface area contributed by atoms with Gasteiger partial charge < -0.3 is 49.4 Å². The van der Waals surface area contributed by atoms with Gasteiger partial charge in [0.25, 0.3) is 0 Å². The summed E-state index contributed by atoms with van der Waals surface area (Å²) in [5.74, 6) is 0.451. The minimum absolute atomic E-state index is 0.451. The molecule has 0 aromatic heterocycles. The summed E-state index contributed by atoms with van der Waals surface area (Å²) in [6.07, 6.45) is 0.666. The van der Waals surface area contributed by atoms with Crippen molar-refractivity contribution in [2.75, 3.05) is 5.88 Å². The van der Waals surface area contributed by atoms with Gasteiger partial charge in [-0.2, -0.15) is 0 Å². The summed E-state index contributed by atoms with van der Waals surface area (Å²) in [6.45, 7) is 74.7. The quantitative estimate of drug-likeness (QED) is 0.0440. The van der Waals surface area contributed by atoms with E-state index in [0.29, 0.717) is 18.3 Å². The molecule has 0 N–H and O–H groups in total. The molecule has 0 aromatic carbocycles. The first-order chi connectivity index (χ1) is 30.7. The fraction of sp³-hybridized carbons (Fsp3) is 1.00. The van der Waals surface area contributed by atoms with Crippen molar-refractivity contribution in [1.82, 2.24) is 0 Å². The van der Waals surface area contributed by atoms with E-state index in [-0.39, 0.29) is 0 Å². The van der Waals surface area contributed by atoms with Crippen LogP contribution in [0.15, 0.2) is 0 Å². The van der Waals surface area contributed by atoms with Gasteiger partial charge in [-0.1, -0.05) is 0 Å². The summed E-state index contributed by atoms with van der Waals surface area (Å²) < 4.78 is 87.0. The molecule has 0 aliphatic carbocycles. The molecule has 0 atom stereocenters. The summed E-state index contributed by atoms with van der Waals surface area (Å²) in [7, 11) is -38.6. The Balaban J connectivity index is 7.44. The second kappa shape index (κ2) is 26.5. The molecule has 71 heavy (non-hydrogen) atoms. The largest absolute Gasteiger partial charge is 0.474 e. The molecule has 12 nitrogen and oxygen atoms in total. The number of hydrogen-bond acceptors (Lipinski definition) is 12. The molecule has 0 saturated heterocycles. The molecule has 0 unspecified atom stereocenters. The Labute approximate surface area is 462 Å². The fourth-order valence-electron chi connectivity index (χ4n) is 9.67. The van der Waals surface area contributed by atoms with Crippen LogP contribution in [0.3, 0.4) is 0 Å². The van der Waals surface area contributed by atoms with Gasteiger partial charge in [0.2, 0.25) is 0 Å². The van der Waals surface area contributed by atoms with E-state index in [2.05, 4.69) is 216 Å². The van der Waals surface area contributed by atoms with Gasteiger partial charge in [-0.15, -0.1) is 11.6 Å². The lowest BCUT2D eigenvalue weighted by atomic mass is 10.6. The SMILES string of the molecule is C[Si](C)(C)O[Si](C)(CC[Si](C)(C)O[Si](C)(C)O[Si](CCCCl)(O[Si](C)(C)O[Si](C)(C)CC[Si](C)(O[Si](C)(C)C)O[Si](C)(C)C)O[Si](C)(C)O[Si](C)(C)CC[Si](C)(O[Si](C)(C)C)O[Si](C)(C)C)O[Si](C)(C)C. The molecular formula is C42H117ClO12Si16. The van der Waals surface area contributed by atoms with Crippen molar-refractivity contribution in [1.29, 1.82) is 0 Å². The lowest BCUT2D eigenvalue weighted by molar-refractivity contribution is 0.190. The molecule has 0 heterocycles. The van der Waals surface area contributed by atoms with Crippen molar-refractivity contribution in [3.05, 3.63) is 0 Å². The maximum Gasteiger partial charge on any atom is 0.474 e. The van der Waals surface area contributed by atoms with E-state index < -0.39 is 135 Å². The van der Waals surface area contributed by atoms with Crippen molar-refractivity contribution < 1.29 is 49.4 Å². The summed E-state index contributed by atoms with van der Waals surface area (Å²) >= 11 is 6.64. The summed E-state index contributed by atoms with van der Waals surface area (Å²) in [5.41, 5.74) is 0.